The Morgan fingerprint density at radius 1 is 1.50 bits per heavy atom. The molecule has 1 rings (SSSR count). The van der Waals surface area contributed by atoms with Crippen molar-refractivity contribution in [2.45, 2.75) is 13.3 Å². The van der Waals surface area contributed by atoms with Crippen LogP contribution in [0.25, 0.3) is 0 Å². The van der Waals surface area contributed by atoms with Gasteiger partial charge in [0.25, 0.3) is 12.1 Å². The highest BCUT2D eigenvalue weighted by Crippen LogP contribution is 2.36. The zero-order chi connectivity index (χ0) is 10.9. The first kappa shape index (κ1) is 10.8. The molecule has 0 spiro atoms. The molecule has 0 bridgehead atoms. The van der Waals surface area contributed by atoms with E-state index in [0.29, 0.717) is 0 Å². The maximum atomic E-state index is 12.4. The van der Waals surface area contributed by atoms with Gasteiger partial charge in [-0.25, -0.2) is 8.78 Å². The lowest BCUT2D eigenvalue weighted by Gasteiger charge is -2.05. The number of hydrogen-bond donors (Lipinski definition) is 0. The Morgan fingerprint density at radius 3 is 2.43 bits per heavy atom. The molecular weight excluding hydrogens is 216 g/mol. The van der Waals surface area contributed by atoms with E-state index in [1.807, 2.05) is 0 Å². The van der Waals surface area contributed by atoms with Crippen molar-refractivity contribution in [3.63, 3.8) is 0 Å². The molecule has 0 unspecified atom stereocenters. The fraction of sp³-hybridized carbons (Fsp3) is 0.250. The summed E-state index contributed by atoms with van der Waals surface area (Å²) in [6, 6.07) is 2.57. The van der Waals surface area contributed by atoms with Gasteiger partial charge >= 0.3 is 0 Å². The molecule has 0 aliphatic rings. The minimum Gasteiger partial charge on any atom is -0.258 e. The van der Waals surface area contributed by atoms with Crippen molar-refractivity contribution in [2.24, 2.45) is 0 Å². The van der Waals surface area contributed by atoms with E-state index in [1.54, 1.807) is 0 Å². The Labute approximate surface area is 83.4 Å². The molecule has 14 heavy (non-hydrogen) atoms. The van der Waals surface area contributed by atoms with Crippen molar-refractivity contribution in [3.8, 4) is 0 Å². The van der Waals surface area contributed by atoms with Gasteiger partial charge in [-0.15, -0.1) is 0 Å². The molecule has 0 atom stereocenters. The lowest BCUT2D eigenvalue weighted by atomic mass is 10.1. The highest BCUT2D eigenvalue weighted by Gasteiger charge is 2.26. The fourth-order valence-electron chi connectivity index (χ4n) is 1.14. The molecule has 0 radical (unpaired) electrons. The normalized spacial score (nSPS) is 10.6. The monoisotopic (exact) mass is 221 g/mol. The predicted molar refractivity (Wildman–Crippen MR) is 47.8 cm³/mol. The van der Waals surface area contributed by atoms with E-state index in [1.165, 1.54) is 19.1 Å². The maximum Gasteiger partial charge on any atom is 0.282 e. The second-order valence-electron chi connectivity index (χ2n) is 2.68. The van der Waals surface area contributed by atoms with E-state index in [4.69, 9.17) is 11.6 Å². The average Bonchev–Trinajstić information content (AvgIpc) is 2.07. The molecule has 0 aromatic heterocycles. The van der Waals surface area contributed by atoms with E-state index in [9.17, 15) is 18.9 Å². The van der Waals surface area contributed by atoms with Gasteiger partial charge in [-0.2, -0.15) is 0 Å². The smallest absolute Gasteiger partial charge is 0.258 e. The van der Waals surface area contributed by atoms with E-state index in [0.717, 1.165) is 0 Å². The Hall–Kier alpha value is -1.23. The van der Waals surface area contributed by atoms with E-state index in [2.05, 4.69) is 0 Å². The summed E-state index contributed by atoms with van der Waals surface area (Å²) in [5, 5.41) is 10.2. The lowest BCUT2D eigenvalue weighted by molar-refractivity contribution is -0.386. The van der Waals surface area contributed by atoms with Crippen molar-refractivity contribution < 1.29 is 13.7 Å². The van der Waals surface area contributed by atoms with Crippen LogP contribution in [0.3, 0.4) is 0 Å². The number of aryl methyl sites for hydroxylation is 1. The molecule has 6 heteroatoms. The number of halogens is 3. The predicted octanol–water partition coefficient (Wildman–Crippen LogP) is 3.49. The molecule has 0 saturated carbocycles. The number of nitro groups is 1. The maximum absolute atomic E-state index is 12.4. The molecule has 1 aromatic rings. The van der Waals surface area contributed by atoms with Crippen LogP contribution >= 0.6 is 11.6 Å². The van der Waals surface area contributed by atoms with Gasteiger partial charge in [0, 0.05) is 5.56 Å². The molecule has 3 nitrogen and oxygen atoms in total. The molecule has 0 aliphatic carbocycles. The quantitative estimate of drug-likeness (QED) is 0.567. The number of hydrogen-bond acceptors (Lipinski definition) is 2. The molecule has 0 amide bonds. The summed E-state index contributed by atoms with van der Waals surface area (Å²) in [5.41, 5.74) is -1.14. The number of benzene rings is 1. The van der Waals surface area contributed by atoms with Crippen LogP contribution in [-0.2, 0) is 0 Å². The number of alkyl halides is 2. The van der Waals surface area contributed by atoms with Gasteiger partial charge in [-0.05, 0) is 13.0 Å². The summed E-state index contributed by atoms with van der Waals surface area (Å²) >= 11 is 5.46. The molecule has 0 N–H and O–H groups in total. The third-order valence-electron chi connectivity index (χ3n) is 1.77. The molecule has 76 valence electrons. The summed E-state index contributed by atoms with van der Waals surface area (Å²) < 4.78 is 24.9. The van der Waals surface area contributed by atoms with Crippen LogP contribution in [0, 0.1) is 17.0 Å². The minimum absolute atomic E-state index is 0.176. The minimum atomic E-state index is -2.94. The summed E-state index contributed by atoms with van der Waals surface area (Å²) in [6.45, 7) is 1.39. The van der Waals surface area contributed by atoms with Crippen LogP contribution < -0.4 is 0 Å². The van der Waals surface area contributed by atoms with Crippen LogP contribution in [0.5, 0.6) is 0 Å². The Kier molecular flexibility index (Phi) is 3.00. The molecule has 0 heterocycles. The van der Waals surface area contributed by atoms with Gasteiger partial charge in [-0.3, -0.25) is 10.1 Å². The summed E-state index contributed by atoms with van der Waals surface area (Å²) in [7, 11) is 0. The highest BCUT2D eigenvalue weighted by molar-refractivity contribution is 6.31. The van der Waals surface area contributed by atoms with Crippen molar-refractivity contribution in [3.05, 3.63) is 38.4 Å². The van der Waals surface area contributed by atoms with Gasteiger partial charge in [-0.1, -0.05) is 17.7 Å². The molecule has 0 saturated heterocycles. The summed E-state index contributed by atoms with van der Waals surface area (Å²) in [4.78, 5) is 9.67. The van der Waals surface area contributed by atoms with Crippen LogP contribution in [0.4, 0.5) is 14.5 Å². The first-order valence-corrected chi connectivity index (χ1v) is 4.04. The SMILES string of the molecule is Cc1ccc(Cl)c(C(F)F)c1[N+](=O)[O-]. The number of nitro benzene ring substituents is 1. The average molecular weight is 222 g/mol. The van der Waals surface area contributed by atoms with Crippen LogP contribution in [0.15, 0.2) is 12.1 Å². The standard InChI is InChI=1S/C8H6ClF2NO2/c1-4-2-3-5(9)6(8(10)11)7(4)12(13)14/h2-3,8H,1H3. The molecule has 1 aromatic carbocycles. The van der Waals surface area contributed by atoms with Gasteiger partial charge < -0.3 is 0 Å². The van der Waals surface area contributed by atoms with Gasteiger partial charge in [0.1, 0.15) is 5.56 Å². The Morgan fingerprint density at radius 2 is 2.07 bits per heavy atom. The van der Waals surface area contributed by atoms with E-state index >= 15 is 0 Å². The number of rotatable bonds is 2. The van der Waals surface area contributed by atoms with E-state index < -0.39 is 22.6 Å². The lowest BCUT2D eigenvalue weighted by Crippen LogP contribution is -1.99. The Bertz CT molecular complexity index is 382. The summed E-state index contributed by atoms with van der Waals surface area (Å²) in [5.74, 6) is 0. The summed E-state index contributed by atoms with van der Waals surface area (Å²) in [6.07, 6.45) is -2.94. The van der Waals surface area contributed by atoms with Crippen molar-refractivity contribution in [1.29, 1.82) is 0 Å². The molecule has 0 aliphatic heterocycles. The van der Waals surface area contributed by atoms with Gasteiger partial charge in [0.05, 0.1) is 9.95 Å². The first-order valence-electron chi connectivity index (χ1n) is 3.66. The molecular formula is C8H6ClF2NO2. The zero-order valence-electron chi connectivity index (χ0n) is 7.13. The third-order valence-corrected chi connectivity index (χ3v) is 2.10. The highest BCUT2D eigenvalue weighted by atomic mass is 35.5. The van der Waals surface area contributed by atoms with Crippen molar-refractivity contribution >= 4 is 17.3 Å². The zero-order valence-corrected chi connectivity index (χ0v) is 7.89. The fourth-order valence-corrected chi connectivity index (χ4v) is 1.38. The third kappa shape index (κ3) is 1.82. The molecule has 0 fully saturated rings. The van der Waals surface area contributed by atoms with Crippen molar-refractivity contribution in [1.82, 2.24) is 0 Å². The van der Waals surface area contributed by atoms with Crippen LogP contribution in [0.2, 0.25) is 5.02 Å². The van der Waals surface area contributed by atoms with Crippen molar-refractivity contribution in [2.75, 3.05) is 0 Å². The largest absolute Gasteiger partial charge is 0.282 e. The second-order valence-corrected chi connectivity index (χ2v) is 3.09. The second kappa shape index (κ2) is 3.88. The topological polar surface area (TPSA) is 43.1 Å². The van der Waals surface area contributed by atoms with Gasteiger partial charge in [0.15, 0.2) is 0 Å². The van der Waals surface area contributed by atoms with Crippen LogP contribution in [-0.4, -0.2) is 4.92 Å². The number of nitrogens with zero attached hydrogens (tertiary/aromatic N) is 1. The van der Waals surface area contributed by atoms with Gasteiger partial charge in [0.2, 0.25) is 0 Å². The van der Waals surface area contributed by atoms with E-state index in [-0.39, 0.29) is 10.6 Å². The Balaban J connectivity index is 3.50. The van der Waals surface area contributed by atoms with Crippen LogP contribution in [0.1, 0.15) is 17.6 Å². The first-order chi connectivity index (χ1) is 6.45.